The van der Waals surface area contributed by atoms with Crippen molar-refractivity contribution in [3.63, 3.8) is 0 Å². The van der Waals surface area contributed by atoms with Gasteiger partial charge in [-0.3, -0.25) is 0 Å². The molecule has 0 saturated carbocycles. The molecule has 1 aromatic rings. The Morgan fingerprint density at radius 2 is 1.75 bits per heavy atom. The quantitative estimate of drug-likeness (QED) is 0.836. The summed E-state index contributed by atoms with van der Waals surface area (Å²) in [6.45, 7) is 6.81. The first-order valence-corrected chi connectivity index (χ1v) is 10.3. The Balaban J connectivity index is 1.53. The third kappa shape index (κ3) is 4.88. The van der Waals surface area contributed by atoms with Gasteiger partial charge in [-0.15, -0.1) is 0 Å². The molecule has 2 saturated heterocycles. The van der Waals surface area contributed by atoms with E-state index < -0.39 is 0 Å². The molecule has 0 bridgehead atoms. The number of likely N-dealkylation sites (tertiary alicyclic amines) is 2. The van der Waals surface area contributed by atoms with E-state index in [-0.39, 0.29) is 24.2 Å². The minimum absolute atomic E-state index is 0.00836. The van der Waals surface area contributed by atoms with E-state index in [2.05, 4.69) is 17.4 Å². The molecule has 2 aliphatic heterocycles. The molecule has 7 heteroatoms. The minimum atomic E-state index is -0.262. The van der Waals surface area contributed by atoms with Crippen LogP contribution in [0, 0.1) is 0 Å². The summed E-state index contributed by atoms with van der Waals surface area (Å²) in [5.41, 5.74) is 1.15. The second-order valence-corrected chi connectivity index (χ2v) is 7.26. The maximum atomic E-state index is 12.9. The molecule has 1 atom stereocenters. The standard InChI is InChI=1S/C21H31N3O4/c1-3-27-18-9-7-16(8-10-18)19-6-5-13-24(19)20(25)22-17-11-14-23(15-12-17)21(26)28-4-2/h7-10,17,19H,3-6,11-15H2,1-2H3,(H,22,25). The molecule has 0 aromatic heterocycles. The van der Waals surface area contributed by atoms with Gasteiger partial charge in [0.1, 0.15) is 5.75 Å². The summed E-state index contributed by atoms with van der Waals surface area (Å²) in [5.74, 6) is 0.855. The Hall–Kier alpha value is -2.44. The van der Waals surface area contributed by atoms with Crippen molar-refractivity contribution in [1.82, 2.24) is 15.1 Å². The van der Waals surface area contributed by atoms with Crippen molar-refractivity contribution in [3.05, 3.63) is 29.8 Å². The van der Waals surface area contributed by atoms with Gasteiger partial charge >= 0.3 is 12.1 Å². The maximum Gasteiger partial charge on any atom is 0.409 e. The summed E-state index contributed by atoms with van der Waals surface area (Å²) < 4.78 is 10.6. The predicted octanol–water partition coefficient (Wildman–Crippen LogP) is 3.55. The van der Waals surface area contributed by atoms with Crippen LogP contribution in [-0.2, 0) is 4.74 Å². The molecule has 1 aromatic carbocycles. The van der Waals surface area contributed by atoms with E-state index >= 15 is 0 Å². The number of carbonyl (C=O) groups is 2. The van der Waals surface area contributed by atoms with E-state index in [1.165, 1.54) is 0 Å². The van der Waals surface area contributed by atoms with E-state index in [0.29, 0.717) is 26.3 Å². The molecule has 28 heavy (non-hydrogen) atoms. The molecule has 0 radical (unpaired) electrons. The lowest BCUT2D eigenvalue weighted by Gasteiger charge is -2.33. The first-order chi connectivity index (χ1) is 13.6. The van der Waals surface area contributed by atoms with Gasteiger partial charge in [-0.05, 0) is 57.2 Å². The highest BCUT2D eigenvalue weighted by Crippen LogP contribution is 2.33. The fourth-order valence-corrected chi connectivity index (χ4v) is 3.99. The smallest absolute Gasteiger partial charge is 0.409 e. The lowest BCUT2D eigenvalue weighted by molar-refractivity contribution is 0.0950. The summed E-state index contributed by atoms with van der Waals surface area (Å²) in [6.07, 6.45) is 3.23. The Labute approximate surface area is 167 Å². The summed E-state index contributed by atoms with van der Waals surface area (Å²) in [5, 5.41) is 3.17. The second kappa shape index (κ2) is 9.66. The predicted molar refractivity (Wildman–Crippen MR) is 106 cm³/mol. The highest BCUT2D eigenvalue weighted by atomic mass is 16.6. The zero-order chi connectivity index (χ0) is 19.9. The molecule has 1 unspecified atom stereocenters. The number of ether oxygens (including phenoxy) is 2. The molecular weight excluding hydrogens is 358 g/mol. The van der Waals surface area contributed by atoms with E-state index in [1.54, 1.807) is 4.90 Å². The maximum absolute atomic E-state index is 12.9. The van der Waals surface area contributed by atoms with Gasteiger partial charge in [0.2, 0.25) is 0 Å². The van der Waals surface area contributed by atoms with Gasteiger partial charge in [-0.1, -0.05) is 12.1 Å². The van der Waals surface area contributed by atoms with Crippen LogP contribution in [0.25, 0.3) is 0 Å². The number of amides is 3. The topological polar surface area (TPSA) is 71.1 Å². The van der Waals surface area contributed by atoms with Gasteiger partial charge in [0.25, 0.3) is 0 Å². The van der Waals surface area contributed by atoms with Gasteiger partial charge in [0, 0.05) is 25.7 Å². The third-order valence-electron chi connectivity index (χ3n) is 5.44. The van der Waals surface area contributed by atoms with Crippen LogP contribution >= 0.6 is 0 Å². The molecule has 3 rings (SSSR count). The average Bonchev–Trinajstić information content (AvgIpc) is 3.19. The van der Waals surface area contributed by atoms with Crippen molar-refractivity contribution in [3.8, 4) is 5.75 Å². The Kier molecular flexibility index (Phi) is 7.01. The van der Waals surface area contributed by atoms with E-state index in [9.17, 15) is 9.59 Å². The first-order valence-electron chi connectivity index (χ1n) is 10.3. The SMILES string of the molecule is CCOC(=O)N1CCC(NC(=O)N2CCCC2c2ccc(OCC)cc2)CC1. The average molecular weight is 389 g/mol. The molecular formula is C21H31N3O4. The molecule has 2 fully saturated rings. The van der Waals surface area contributed by atoms with E-state index in [4.69, 9.17) is 9.47 Å². The lowest BCUT2D eigenvalue weighted by atomic mass is 10.0. The van der Waals surface area contributed by atoms with Crippen molar-refractivity contribution in [2.24, 2.45) is 0 Å². The summed E-state index contributed by atoms with van der Waals surface area (Å²) in [7, 11) is 0. The van der Waals surface area contributed by atoms with Crippen LogP contribution in [0.5, 0.6) is 5.75 Å². The van der Waals surface area contributed by atoms with Crippen molar-refractivity contribution in [2.75, 3.05) is 32.8 Å². The first kappa shape index (κ1) is 20.3. The second-order valence-electron chi connectivity index (χ2n) is 7.26. The number of benzene rings is 1. The molecule has 154 valence electrons. The fraction of sp³-hybridized carbons (Fsp3) is 0.619. The number of hydrogen-bond donors (Lipinski definition) is 1. The van der Waals surface area contributed by atoms with E-state index in [1.807, 2.05) is 30.9 Å². The van der Waals surface area contributed by atoms with Crippen molar-refractivity contribution in [1.29, 1.82) is 0 Å². The van der Waals surface area contributed by atoms with Gasteiger partial charge in [0.15, 0.2) is 0 Å². The van der Waals surface area contributed by atoms with Crippen LogP contribution < -0.4 is 10.1 Å². The van der Waals surface area contributed by atoms with Gasteiger partial charge in [-0.25, -0.2) is 9.59 Å². The fourth-order valence-electron chi connectivity index (χ4n) is 3.99. The lowest BCUT2D eigenvalue weighted by Crippen LogP contribution is -2.50. The Bertz CT molecular complexity index is 656. The van der Waals surface area contributed by atoms with E-state index in [0.717, 1.165) is 43.5 Å². The monoisotopic (exact) mass is 389 g/mol. The summed E-state index contributed by atoms with van der Waals surface area (Å²) in [6, 6.07) is 8.25. The number of hydrogen-bond acceptors (Lipinski definition) is 4. The molecule has 2 aliphatic rings. The van der Waals surface area contributed by atoms with Crippen LogP contribution in [0.15, 0.2) is 24.3 Å². The summed E-state index contributed by atoms with van der Waals surface area (Å²) >= 11 is 0. The molecule has 0 spiro atoms. The van der Waals surface area contributed by atoms with Crippen molar-refractivity contribution >= 4 is 12.1 Å². The largest absolute Gasteiger partial charge is 0.494 e. The van der Waals surface area contributed by atoms with Gasteiger partial charge in [-0.2, -0.15) is 0 Å². The zero-order valence-electron chi connectivity index (χ0n) is 16.9. The van der Waals surface area contributed by atoms with Crippen molar-refractivity contribution < 1.29 is 19.1 Å². The van der Waals surface area contributed by atoms with Gasteiger partial charge < -0.3 is 24.6 Å². The number of piperidine rings is 1. The Morgan fingerprint density at radius 1 is 1.04 bits per heavy atom. The molecule has 7 nitrogen and oxygen atoms in total. The highest BCUT2D eigenvalue weighted by molar-refractivity contribution is 5.75. The minimum Gasteiger partial charge on any atom is -0.494 e. The number of urea groups is 1. The molecule has 0 aliphatic carbocycles. The van der Waals surface area contributed by atoms with Crippen LogP contribution in [-0.4, -0.2) is 60.8 Å². The molecule has 2 heterocycles. The molecule has 3 amide bonds. The van der Waals surface area contributed by atoms with Crippen LogP contribution in [0.3, 0.4) is 0 Å². The van der Waals surface area contributed by atoms with Crippen molar-refractivity contribution in [2.45, 2.75) is 51.6 Å². The number of carbonyl (C=O) groups excluding carboxylic acids is 2. The number of nitrogens with one attached hydrogen (secondary N) is 1. The normalized spacial score (nSPS) is 20.1. The number of nitrogens with zero attached hydrogens (tertiary/aromatic N) is 2. The zero-order valence-corrected chi connectivity index (χ0v) is 16.9. The van der Waals surface area contributed by atoms with Crippen LogP contribution in [0.4, 0.5) is 9.59 Å². The highest BCUT2D eigenvalue weighted by Gasteiger charge is 2.32. The van der Waals surface area contributed by atoms with Crippen LogP contribution in [0.2, 0.25) is 0 Å². The summed E-state index contributed by atoms with van der Waals surface area (Å²) in [4.78, 5) is 28.3. The number of rotatable bonds is 5. The Morgan fingerprint density at radius 3 is 2.39 bits per heavy atom. The molecule has 1 N–H and O–H groups in total. The van der Waals surface area contributed by atoms with Crippen LogP contribution in [0.1, 0.15) is 51.1 Å². The third-order valence-corrected chi connectivity index (χ3v) is 5.44. The van der Waals surface area contributed by atoms with Gasteiger partial charge in [0.05, 0.1) is 19.3 Å².